The van der Waals surface area contributed by atoms with Gasteiger partial charge in [0.15, 0.2) is 11.6 Å². The molecule has 19 heavy (non-hydrogen) atoms. The van der Waals surface area contributed by atoms with Crippen LogP contribution in [-0.2, 0) is 0 Å². The van der Waals surface area contributed by atoms with E-state index >= 15 is 0 Å². The van der Waals surface area contributed by atoms with Crippen LogP contribution in [0.25, 0.3) is 22.4 Å². The second-order valence-electron chi connectivity index (χ2n) is 4.08. The van der Waals surface area contributed by atoms with E-state index in [1.807, 2.05) is 0 Å². The fourth-order valence-corrected chi connectivity index (χ4v) is 2.30. The maximum absolute atomic E-state index is 13.6. The molecule has 3 rings (SSSR count). The number of nitrogens with one attached hydrogen (secondary N) is 1. The number of imidazole rings is 1. The highest BCUT2D eigenvalue weighted by Crippen LogP contribution is 2.30. The Bertz CT molecular complexity index is 783. The molecule has 0 aliphatic heterocycles. The van der Waals surface area contributed by atoms with E-state index in [1.165, 1.54) is 6.07 Å². The predicted molar refractivity (Wildman–Crippen MR) is 73.6 cm³/mol. The van der Waals surface area contributed by atoms with Crippen LogP contribution in [0.4, 0.5) is 14.5 Å². The molecule has 0 aliphatic carbocycles. The molecular formula is C13H8BrF2N3. The molecule has 0 saturated carbocycles. The number of halogens is 3. The molecule has 0 aliphatic rings. The Balaban J connectivity index is 2.26. The van der Waals surface area contributed by atoms with Gasteiger partial charge in [-0.1, -0.05) is 15.9 Å². The van der Waals surface area contributed by atoms with Crippen molar-refractivity contribution in [3.63, 3.8) is 0 Å². The summed E-state index contributed by atoms with van der Waals surface area (Å²) in [6, 6.07) is 7.72. The highest BCUT2D eigenvalue weighted by molar-refractivity contribution is 9.10. The van der Waals surface area contributed by atoms with E-state index in [0.29, 0.717) is 22.6 Å². The lowest BCUT2D eigenvalue weighted by Gasteiger charge is -2.01. The fourth-order valence-electron chi connectivity index (χ4n) is 1.87. The van der Waals surface area contributed by atoms with Crippen molar-refractivity contribution in [2.45, 2.75) is 0 Å². The van der Waals surface area contributed by atoms with Gasteiger partial charge >= 0.3 is 0 Å². The SMILES string of the molecule is Nc1ccc(Br)c(-c2nc3c(F)c(F)ccc3[nH]2)c1. The summed E-state index contributed by atoms with van der Waals surface area (Å²) in [5.74, 6) is -1.45. The minimum atomic E-state index is -0.958. The van der Waals surface area contributed by atoms with Crippen molar-refractivity contribution >= 4 is 32.7 Å². The molecule has 96 valence electrons. The van der Waals surface area contributed by atoms with E-state index in [2.05, 4.69) is 25.9 Å². The fraction of sp³-hybridized carbons (Fsp3) is 0. The Morgan fingerprint density at radius 2 is 1.95 bits per heavy atom. The number of hydrogen-bond acceptors (Lipinski definition) is 2. The molecule has 1 aromatic heterocycles. The zero-order valence-electron chi connectivity index (χ0n) is 9.55. The lowest BCUT2D eigenvalue weighted by Crippen LogP contribution is -1.88. The molecule has 1 heterocycles. The molecule has 0 bridgehead atoms. The van der Waals surface area contributed by atoms with E-state index in [4.69, 9.17) is 5.73 Å². The first-order valence-corrected chi connectivity index (χ1v) is 6.24. The van der Waals surface area contributed by atoms with Crippen LogP contribution in [0.3, 0.4) is 0 Å². The van der Waals surface area contributed by atoms with Gasteiger partial charge in [-0.2, -0.15) is 0 Å². The lowest BCUT2D eigenvalue weighted by atomic mass is 10.2. The zero-order valence-corrected chi connectivity index (χ0v) is 11.1. The summed E-state index contributed by atoms with van der Waals surface area (Å²) in [6.45, 7) is 0. The maximum Gasteiger partial charge on any atom is 0.186 e. The number of anilines is 1. The summed E-state index contributed by atoms with van der Waals surface area (Å²) in [6.07, 6.45) is 0. The molecule has 0 spiro atoms. The number of nitrogen functional groups attached to an aromatic ring is 1. The largest absolute Gasteiger partial charge is 0.399 e. The highest BCUT2D eigenvalue weighted by Gasteiger charge is 2.14. The van der Waals surface area contributed by atoms with Crippen molar-refractivity contribution in [2.75, 3.05) is 5.73 Å². The van der Waals surface area contributed by atoms with Crippen LogP contribution < -0.4 is 5.73 Å². The molecule has 3 aromatic rings. The summed E-state index contributed by atoms with van der Waals surface area (Å²) in [5.41, 5.74) is 7.38. The second-order valence-corrected chi connectivity index (χ2v) is 4.94. The van der Waals surface area contributed by atoms with E-state index in [-0.39, 0.29) is 5.52 Å². The summed E-state index contributed by atoms with van der Waals surface area (Å²) in [4.78, 5) is 7.03. The van der Waals surface area contributed by atoms with Crippen LogP contribution in [0, 0.1) is 11.6 Å². The molecule has 2 aromatic carbocycles. The van der Waals surface area contributed by atoms with Gasteiger partial charge in [0.05, 0.1) is 5.52 Å². The number of nitrogens with zero attached hydrogens (tertiary/aromatic N) is 1. The summed E-state index contributed by atoms with van der Waals surface area (Å²) >= 11 is 3.37. The first kappa shape index (κ1) is 12.1. The first-order valence-electron chi connectivity index (χ1n) is 5.45. The minimum absolute atomic E-state index is 0.0238. The third-order valence-electron chi connectivity index (χ3n) is 2.79. The van der Waals surface area contributed by atoms with Gasteiger partial charge in [-0.3, -0.25) is 0 Å². The van der Waals surface area contributed by atoms with Gasteiger partial charge in [-0.15, -0.1) is 0 Å². The monoisotopic (exact) mass is 323 g/mol. The molecule has 0 saturated heterocycles. The number of H-pyrrole nitrogens is 1. The Labute approximate surface area is 115 Å². The summed E-state index contributed by atoms with van der Waals surface area (Å²) in [7, 11) is 0. The van der Waals surface area contributed by atoms with Crippen LogP contribution in [0.2, 0.25) is 0 Å². The number of nitrogens with two attached hydrogens (primary N) is 1. The van der Waals surface area contributed by atoms with Gasteiger partial charge in [-0.25, -0.2) is 13.8 Å². The van der Waals surface area contributed by atoms with E-state index in [1.54, 1.807) is 18.2 Å². The number of hydrogen-bond donors (Lipinski definition) is 2. The number of aromatic amines is 1. The van der Waals surface area contributed by atoms with Crippen molar-refractivity contribution in [2.24, 2.45) is 0 Å². The lowest BCUT2D eigenvalue weighted by molar-refractivity contribution is 0.515. The molecule has 0 fully saturated rings. The molecule has 6 heteroatoms. The summed E-state index contributed by atoms with van der Waals surface area (Å²) in [5, 5.41) is 0. The average molecular weight is 324 g/mol. The standard InChI is InChI=1S/C13H8BrF2N3/c14-8-2-1-6(17)5-7(8)13-18-10-4-3-9(15)11(16)12(10)19-13/h1-5H,17H2,(H,18,19). The second kappa shape index (κ2) is 4.31. The smallest absolute Gasteiger partial charge is 0.186 e. The Hall–Kier alpha value is -1.95. The number of aromatic nitrogens is 2. The third-order valence-corrected chi connectivity index (χ3v) is 3.48. The molecule has 0 unspecified atom stereocenters. The van der Waals surface area contributed by atoms with Gasteiger partial charge in [0.1, 0.15) is 11.3 Å². The van der Waals surface area contributed by atoms with E-state index in [0.717, 1.165) is 10.5 Å². The van der Waals surface area contributed by atoms with Crippen molar-refractivity contribution in [3.8, 4) is 11.4 Å². The van der Waals surface area contributed by atoms with E-state index in [9.17, 15) is 8.78 Å². The number of rotatable bonds is 1. The zero-order chi connectivity index (χ0) is 13.6. The van der Waals surface area contributed by atoms with Crippen LogP contribution in [0.15, 0.2) is 34.8 Å². The van der Waals surface area contributed by atoms with Gasteiger partial charge in [0, 0.05) is 15.7 Å². The van der Waals surface area contributed by atoms with Gasteiger partial charge in [0.25, 0.3) is 0 Å². The summed E-state index contributed by atoms with van der Waals surface area (Å²) < 4.78 is 27.5. The average Bonchev–Trinajstić information content (AvgIpc) is 2.81. The molecule has 0 atom stereocenters. The molecule has 0 radical (unpaired) electrons. The number of benzene rings is 2. The molecular weight excluding hydrogens is 316 g/mol. The van der Waals surface area contributed by atoms with E-state index < -0.39 is 11.6 Å². The number of fused-ring (bicyclic) bond motifs is 1. The van der Waals surface area contributed by atoms with Crippen molar-refractivity contribution < 1.29 is 8.78 Å². The van der Waals surface area contributed by atoms with Crippen molar-refractivity contribution in [3.05, 3.63) is 46.4 Å². The quantitative estimate of drug-likeness (QED) is 0.668. The normalized spacial score (nSPS) is 11.1. The van der Waals surface area contributed by atoms with Crippen molar-refractivity contribution in [1.82, 2.24) is 9.97 Å². The maximum atomic E-state index is 13.6. The Morgan fingerprint density at radius 1 is 1.16 bits per heavy atom. The Morgan fingerprint density at radius 3 is 2.74 bits per heavy atom. The molecule has 0 amide bonds. The van der Waals surface area contributed by atoms with Gasteiger partial charge in [-0.05, 0) is 30.3 Å². The minimum Gasteiger partial charge on any atom is -0.399 e. The third kappa shape index (κ3) is 1.98. The van der Waals surface area contributed by atoms with Crippen LogP contribution in [0.1, 0.15) is 0 Å². The van der Waals surface area contributed by atoms with Gasteiger partial charge < -0.3 is 10.7 Å². The topological polar surface area (TPSA) is 54.7 Å². The van der Waals surface area contributed by atoms with Crippen LogP contribution >= 0.6 is 15.9 Å². The molecule has 3 nitrogen and oxygen atoms in total. The first-order chi connectivity index (χ1) is 9.06. The predicted octanol–water partition coefficient (Wildman–Crippen LogP) is 3.85. The molecule has 3 N–H and O–H groups in total. The van der Waals surface area contributed by atoms with Crippen molar-refractivity contribution in [1.29, 1.82) is 0 Å². The van der Waals surface area contributed by atoms with Crippen LogP contribution in [-0.4, -0.2) is 9.97 Å². The van der Waals surface area contributed by atoms with Gasteiger partial charge in [0.2, 0.25) is 0 Å². The Kier molecular flexibility index (Phi) is 2.74. The highest BCUT2D eigenvalue weighted by atomic mass is 79.9. The van der Waals surface area contributed by atoms with Crippen LogP contribution in [0.5, 0.6) is 0 Å².